The topological polar surface area (TPSA) is 34.0 Å². The first-order valence-electron chi connectivity index (χ1n) is 8.48. The number of benzene rings is 1. The lowest BCUT2D eigenvalue weighted by Crippen LogP contribution is -2.24. The van der Waals surface area contributed by atoms with Gasteiger partial charge in [0.2, 0.25) is 0 Å². The summed E-state index contributed by atoms with van der Waals surface area (Å²) in [7, 11) is 0. The quantitative estimate of drug-likeness (QED) is 0.549. The third-order valence-electron chi connectivity index (χ3n) is 4.39. The first-order valence-corrected chi connectivity index (χ1v) is 8.95. The molecule has 0 fully saturated rings. The second-order valence-electron chi connectivity index (χ2n) is 5.99. The van der Waals surface area contributed by atoms with Crippen molar-refractivity contribution in [2.75, 3.05) is 0 Å². The maximum Gasteiger partial charge on any atom is 0.192 e. The third kappa shape index (κ3) is 4.20. The van der Waals surface area contributed by atoms with Gasteiger partial charge >= 0.3 is 0 Å². The number of fused-ring (bicyclic) bond motifs is 1. The first kappa shape index (κ1) is 17.7. The van der Waals surface area contributed by atoms with Crippen LogP contribution in [0, 0.1) is 6.92 Å². The van der Waals surface area contributed by atoms with Gasteiger partial charge in [0.25, 0.3) is 0 Å². The Morgan fingerprint density at radius 1 is 1.17 bits per heavy atom. The lowest BCUT2D eigenvalue weighted by Gasteiger charge is -2.19. The molecule has 0 aliphatic rings. The van der Waals surface area contributed by atoms with Crippen molar-refractivity contribution in [2.45, 2.75) is 59.0 Å². The number of aromatic nitrogens is 1. The van der Waals surface area contributed by atoms with E-state index >= 15 is 0 Å². The van der Waals surface area contributed by atoms with Gasteiger partial charge in [-0.1, -0.05) is 57.0 Å². The Hall–Kier alpha value is -1.68. The number of nitrogens with one attached hydrogen (secondary N) is 1. The van der Waals surface area contributed by atoms with Gasteiger partial charge in [-0.3, -0.25) is 4.79 Å². The van der Waals surface area contributed by atoms with Crippen LogP contribution in [0.3, 0.4) is 0 Å². The molecule has 1 aromatic carbocycles. The standard InChI is InChI=1S/C19H26N2OS/c1-3-4-5-6-7-11-17-15(2)19(22)16-10-8-9-12-18(16)21(17)13-20-14-23/h8-10,12,14H,3-7,11,13H2,1-2H3,(H,20,23). The molecule has 0 bridgehead atoms. The minimum absolute atomic E-state index is 0.155. The van der Waals surface area contributed by atoms with Crippen molar-refractivity contribution in [2.24, 2.45) is 0 Å². The van der Waals surface area contributed by atoms with Gasteiger partial charge < -0.3 is 9.88 Å². The van der Waals surface area contributed by atoms with Gasteiger partial charge in [-0.2, -0.15) is 0 Å². The van der Waals surface area contributed by atoms with Crippen LogP contribution in [0.1, 0.15) is 50.3 Å². The molecule has 23 heavy (non-hydrogen) atoms. The Labute approximate surface area is 143 Å². The predicted octanol–water partition coefficient (Wildman–Crippen LogP) is 4.33. The molecular formula is C19H26N2OS. The highest BCUT2D eigenvalue weighted by Crippen LogP contribution is 2.18. The van der Waals surface area contributed by atoms with Crippen LogP contribution in [0.15, 0.2) is 29.1 Å². The van der Waals surface area contributed by atoms with Crippen LogP contribution in [-0.2, 0) is 13.1 Å². The minimum Gasteiger partial charge on any atom is -0.365 e. The fourth-order valence-electron chi connectivity index (χ4n) is 3.11. The highest BCUT2D eigenvalue weighted by atomic mass is 32.1. The van der Waals surface area contributed by atoms with E-state index in [4.69, 9.17) is 12.2 Å². The first-order chi connectivity index (χ1) is 11.2. The number of para-hydroxylation sites is 1. The molecule has 0 amide bonds. The van der Waals surface area contributed by atoms with Gasteiger partial charge in [0, 0.05) is 16.6 Å². The van der Waals surface area contributed by atoms with Crippen LogP contribution >= 0.6 is 12.2 Å². The smallest absolute Gasteiger partial charge is 0.192 e. The molecule has 1 N–H and O–H groups in total. The SMILES string of the molecule is CCCCCCCc1c(C)c(=O)c2ccccc2n1CNC=S. The highest BCUT2D eigenvalue weighted by Gasteiger charge is 2.13. The molecule has 1 heterocycles. The Morgan fingerprint density at radius 2 is 1.91 bits per heavy atom. The fourth-order valence-corrected chi connectivity index (χ4v) is 3.18. The molecule has 1 aromatic heterocycles. The maximum atomic E-state index is 12.6. The summed E-state index contributed by atoms with van der Waals surface area (Å²) < 4.78 is 2.20. The summed E-state index contributed by atoms with van der Waals surface area (Å²) in [5.41, 5.74) is 4.67. The third-order valence-corrected chi connectivity index (χ3v) is 4.56. The van der Waals surface area contributed by atoms with E-state index in [1.54, 1.807) is 0 Å². The lowest BCUT2D eigenvalue weighted by molar-refractivity contribution is 0.595. The second-order valence-corrected chi connectivity index (χ2v) is 6.23. The van der Waals surface area contributed by atoms with Gasteiger partial charge in [0.1, 0.15) is 0 Å². The van der Waals surface area contributed by atoms with Crippen molar-refractivity contribution in [3.05, 3.63) is 45.7 Å². The number of hydrogen-bond acceptors (Lipinski definition) is 2. The summed E-state index contributed by atoms with van der Waals surface area (Å²) in [5.74, 6) is 0. The predicted molar refractivity (Wildman–Crippen MR) is 102 cm³/mol. The molecule has 2 aromatic rings. The average Bonchev–Trinajstić information content (AvgIpc) is 2.58. The number of rotatable bonds is 9. The number of unbranched alkanes of at least 4 members (excludes halogenated alkanes) is 4. The van der Waals surface area contributed by atoms with Crippen molar-refractivity contribution < 1.29 is 0 Å². The van der Waals surface area contributed by atoms with Crippen molar-refractivity contribution in [1.29, 1.82) is 0 Å². The van der Waals surface area contributed by atoms with Crippen LogP contribution in [0.4, 0.5) is 0 Å². The molecule has 0 unspecified atom stereocenters. The Bertz CT molecular complexity index is 721. The molecule has 4 heteroatoms. The van der Waals surface area contributed by atoms with Crippen molar-refractivity contribution in [3.8, 4) is 0 Å². The summed E-state index contributed by atoms with van der Waals surface area (Å²) in [6.45, 7) is 4.78. The van der Waals surface area contributed by atoms with Gasteiger partial charge in [0.05, 0.1) is 17.7 Å². The molecule has 0 aliphatic heterocycles. The van der Waals surface area contributed by atoms with E-state index in [-0.39, 0.29) is 5.43 Å². The zero-order valence-corrected chi connectivity index (χ0v) is 14.9. The van der Waals surface area contributed by atoms with Crippen molar-refractivity contribution in [3.63, 3.8) is 0 Å². The molecule has 0 radical (unpaired) electrons. The van der Waals surface area contributed by atoms with E-state index in [2.05, 4.69) is 16.8 Å². The Kier molecular flexibility index (Phi) is 6.78. The molecule has 0 saturated heterocycles. The maximum absolute atomic E-state index is 12.6. The summed E-state index contributed by atoms with van der Waals surface area (Å²) in [4.78, 5) is 12.6. The van der Waals surface area contributed by atoms with E-state index in [1.807, 2.05) is 31.2 Å². The Balaban J connectivity index is 2.37. The van der Waals surface area contributed by atoms with Gasteiger partial charge in [-0.25, -0.2) is 0 Å². The van der Waals surface area contributed by atoms with Crippen LogP contribution in [-0.4, -0.2) is 10.1 Å². The van der Waals surface area contributed by atoms with Gasteiger partial charge in [-0.05, 0) is 31.9 Å². The molecule has 0 atom stereocenters. The molecule has 2 rings (SSSR count). The summed E-state index contributed by atoms with van der Waals surface area (Å²) in [6, 6.07) is 7.83. The molecule has 124 valence electrons. The van der Waals surface area contributed by atoms with Crippen LogP contribution in [0.2, 0.25) is 0 Å². The van der Waals surface area contributed by atoms with Crippen molar-refractivity contribution in [1.82, 2.24) is 9.88 Å². The van der Waals surface area contributed by atoms with E-state index < -0.39 is 0 Å². The molecule has 3 nitrogen and oxygen atoms in total. The van der Waals surface area contributed by atoms with E-state index in [1.165, 1.54) is 31.2 Å². The molecular weight excluding hydrogens is 304 g/mol. The molecule has 0 saturated carbocycles. The number of nitrogens with zero attached hydrogens (tertiary/aromatic N) is 1. The molecule has 0 aliphatic carbocycles. The Morgan fingerprint density at radius 3 is 2.65 bits per heavy atom. The summed E-state index contributed by atoms with van der Waals surface area (Å²) in [6.07, 6.45) is 7.08. The fraction of sp³-hybridized carbons (Fsp3) is 0.474. The zero-order chi connectivity index (χ0) is 16.7. The monoisotopic (exact) mass is 330 g/mol. The number of hydrogen-bond donors (Lipinski definition) is 1. The average molecular weight is 330 g/mol. The lowest BCUT2D eigenvalue weighted by atomic mass is 10.0. The van der Waals surface area contributed by atoms with Gasteiger partial charge in [0.15, 0.2) is 5.43 Å². The van der Waals surface area contributed by atoms with Gasteiger partial charge in [-0.15, -0.1) is 0 Å². The summed E-state index contributed by atoms with van der Waals surface area (Å²) in [5, 5.41) is 3.89. The number of thiocarbonyl (C=S) groups is 1. The van der Waals surface area contributed by atoms with Crippen molar-refractivity contribution >= 4 is 28.6 Å². The largest absolute Gasteiger partial charge is 0.365 e. The number of pyridine rings is 1. The van der Waals surface area contributed by atoms with E-state index in [0.29, 0.717) is 6.67 Å². The van der Waals surface area contributed by atoms with Crippen LogP contribution in [0.5, 0.6) is 0 Å². The highest BCUT2D eigenvalue weighted by molar-refractivity contribution is 7.78. The van der Waals surface area contributed by atoms with Crippen LogP contribution < -0.4 is 10.7 Å². The molecule has 0 spiro atoms. The summed E-state index contributed by atoms with van der Waals surface area (Å²) >= 11 is 4.90. The zero-order valence-electron chi connectivity index (χ0n) is 14.1. The van der Waals surface area contributed by atoms with Crippen LogP contribution in [0.25, 0.3) is 10.9 Å². The van der Waals surface area contributed by atoms with E-state index in [0.717, 1.165) is 35.0 Å². The normalized spacial score (nSPS) is 10.9. The van der Waals surface area contributed by atoms with E-state index in [9.17, 15) is 4.79 Å². The minimum atomic E-state index is 0.155. The second kappa shape index (κ2) is 8.82.